The van der Waals surface area contributed by atoms with E-state index in [0.29, 0.717) is 48.6 Å². The van der Waals surface area contributed by atoms with Crippen LogP contribution in [0.25, 0.3) is 22.6 Å². The molecule has 0 aliphatic carbocycles. The van der Waals surface area contributed by atoms with E-state index in [2.05, 4.69) is 25.2 Å². The van der Waals surface area contributed by atoms with Crippen LogP contribution in [-0.2, 0) is 9.47 Å². The Morgan fingerprint density at radius 2 is 1.91 bits per heavy atom. The highest BCUT2D eigenvalue weighted by molar-refractivity contribution is 5.77. The predicted molar refractivity (Wildman–Crippen MR) is 117 cm³/mol. The molecule has 0 spiro atoms. The van der Waals surface area contributed by atoms with Gasteiger partial charge >= 0.3 is 0 Å². The van der Waals surface area contributed by atoms with Crippen LogP contribution >= 0.6 is 0 Å². The van der Waals surface area contributed by atoms with Gasteiger partial charge in [-0.25, -0.2) is 19.3 Å². The Labute approximate surface area is 185 Å². The van der Waals surface area contributed by atoms with Gasteiger partial charge in [-0.3, -0.25) is 0 Å². The van der Waals surface area contributed by atoms with Gasteiger partial charge in [0.15, 0.2) is 5.82 Å². The van der Waals surface area contributed by atoms with E-state index >= 15 is 0 Å². The number of aromatic amines is 1. The molecule has 0 amide bonds. The lowest BCUT2D eigenvalue weighted by molar-refractivity contribution is -0.213. The number of imidazole rings is 1. The normalized spacial score (nSPS) is 18.8. The standard InChI is InChI=1S/C22H27FN6O3/c1-29(2)10-9-25-22-24-8-7-17(26-22)19-18(15-3-5-16(23)6-4-15)27-20(28-19)21-31-12-14(11-30)13-32-21/h3-8,14,21,30H,9-13H2,1-2H3,(H,27,28)(H,24,25,26). The Morgan fingerprint density at radius 1 is 1.16 bits per heavy atom. The molecule has 3 heterocycles. The fourth-order valence-corrected chi connectivity index (χ4v) is 3.29. The van der Waals surface area contributed by atoms with Crippen molar-refractivity contribution in [2.75, 3.05) is 52.3 Å². The number of ether oxygens (including phenoxy) is 2. The lowest BCUT2D eigenvalue weighted by atomic mass is 10.1. The molecule has 0 atom stereocenters. The zero-order chi connectivity index (χ0) is 22.5. The molecule has 0 radical (unpaired) electrons. The minimum atomic E-state index is -0.690. The van der Waals surface area contributed by atoms with Crippen molar-refractivity contribution in [1.29, 1.82) is 0 Å². The van der Waals surface area contributed by atoms with Crippen molar-refractivity contribution in [2.24, 2.45) is 5.92 Å². The molecule has 1 saturated heterocycles. The van der Waals surface area contributed by atoms with E-state index in [1.807, 2.05) is 14.1 Å². The Kier molecular flexibility index (Phi) is 7.05. The van der Waals surface area contributed by atoms with Gasteiger partial charge in [0, 0.05) is 30.8 Å². The number of halogens is 1. The molecule has 9 nitrogen and oxygen atoms in total. The molecule has 0 bridgehead atoms. The second-order valence-electron chi connectivity index (χ2n) is 7.90. The maximum atomic E-state index is 13.5. The first-order valence-corrected chi connectivity index (χ1v) is 10.5. The topological polar surface area (TPSA) is 108 Å². The van der Waals surface area contributed by atoms with Gasteiger partial charge in [0.2, 0.25) is 12.2 Å². The Morgan fingerprint density at radius 3 is 2.59 bits per heavy atom. The Balaban J connectivity index is 1.65. The smallest absolute Gasteiger partial charge is 0.223 e. The van der Waals surface area contributed by atoms with Crippen molar-refractivity contribution in [2.45, 2.75) is 6.29 Å². The first kappa shape index (κ1) is 22.3. The Hall–Kier alpha value is -2.92. The predicted octanol–water partition coefficient (Wildman–Crippen LogP) is 2.30. The number of hydrogen-bond donors (Lipinski definition) is 3. The van der Waals surface area contributed by atoms with Gasteiger partial charge in [-0.1, -0.05) is 0 Å². The molecule has 3 N–H and O–H groups in total. The fourth-order valence-electron chi connectivity index (χ4n) is 3.29. The first-order valence-electron chi connectivity index (χ1n) is 10.5. The number of rotatable bonds is 8. The van der Waals surface area contributed by atoms with Crippen LogP contribution in [0.4, 0.5) is 10.3 Å². The van der Waals surface area contributed by atoms with E-state index in [-0.39, 0.29) is 18.3 Å². The van der Waals surface area contributed by atoms with Crippen molar-refractivity contribution >= 4 is 5.95 Å². The quantitative estimate of drug-likeness (QED) is 0.488. The van der Waals surface area contributed by atoms with E-state index in [0.717, 1.165) is 12.1 Å². The first-order chi connectivity index (χ1) is 15.5. The van der Waals surface area contributed by atoms with Gasteiger partial charge in [0.1, 0.15) is 5.82 Å². The maximum Gasteiger partial charge on any atom is 0.223 e. The molecule has 4 rings (SSSR count). The van der Waals surface area contributed by atoms with Gasteiger partial charge in [-0.15, -0.1) is 0 Å². The summed E-state index contributed by atoms with van der Waals surface area (Å²) in [5, 5.41) is 12.5. The third kappa shape index (κ3) is 5.28. The summed E-state index contributed by atoms with van der Waals surface area (Å²) < 4.78 is 25.0. The third-order valence-corrected chi connectivity index (χ3v) is 5.04. The second kappa shape index (κ2) is 10.1. The molecule has 3 aromatic rings. The van der Waals surface area contributed by atoms with Gasteiger partial charge in [0.25, 0.3) is 0 Å². The maximum absolute atomic E-state index is 13.5. The minimum Gasteiger partial charge on any atom is -0.396 e. The monoisotopic (exact) mass is 442 g/mol. The molecule has 1 fully saturated rings. The Bertz CT molecular complexity index is 1020. The van der Waals surface area contributed by atoms with Crippen LogP contribution in [0, 0.1) is 11.7 Å². The van der Waals surface area contributed by atoms with Gasteiger partial charge in [0.05, 0.1) is 36.9 Å². The fraction of sp³-hybridized carbons (Fsp3) is 0.409. The third-order valence-electron chi connectivity index (χ3n) is 5.04. The second-order valence-corrected chi connectivity index (χ2v) is 7.90. The zero-order valence-corrected chi connectivity index (χ0v) is 18.1. The number of aliphatic hydroxyl groups excluding tert-OH is 1. The highest BCUT2D eigenvalue weighted by atomic mass is 19.1. The lowest BCUT2D eigenvalue weighted by Crippen LogP contribution is -2.29. The summed E-state index contributed by atoms with van der Waals surface area (Å²) in [6.07, 6.45) is 0.986. The van der Waals surface area contributed by atoms with Crippen LogP contribution < -0.4 is 5.32 Å². The van der Waals surface area contributed by atoms with E-state index in [4.69, 9.17) is 14.5 Å². The van der Waals surface area contributed by atoms with Crippen molar-refractivity contribution < 1.29 is 19.0 Å². The number of aromatic nitrogens is 4. The minimum absolute atomic E-state index is 0.00148. The molecule has 0 saturated carbocycles. The SMILES string of the molecule is CN(C)CCNc1nccc(-c2[nH]c(C3OCC(CO)CO3)nc2-c2ccc(F)cc2)n1. The molecule has 32 heavy (non-hydrogen) atoms. The van der Waals surface area contributed by atoms with Crippen LogP contribution in [-0.4, -0.2) is 76.9 Å². The zero-order valence-electron chi connectivity index (χ0n) is 18.1. The molecule has 1 aliphatic rings. The number of benzene rings is 1. The molecule has 1 aliphatic heterocycles. The summed E-state index contributed by atoms with van der Waals surface area (Å²) >= 11 is 0. The van der Waals surface area contributed by atoms with Crippen molar-refractivity contribution in [3.8, 4) is 22.6 Å². The summed E-state index contributed by atoms with van der Waals surface area (Å²) in [7, 11) is 4.00. The van der Waals surface area contributed by atoms with Crippen LogP contribution in [0.3, 0.4) is 0 Å². The number of aliphatic hydroxyl groups is 1. The summed E-state index contributed by atoms with van der Waals surface area (Å²) in [6, 6.07) is 7.90. The molecular weight excluding hydrogens is 415 g/mol. The van der Waals surface area contributed by atoms with E-state index in [1.54, 1.807) is 24.4 Å². The number of likely N-dealkylation sites (N-methyl/N-ethyl adjacent to an activating group) is 1. The van der Waals surface area contributed by atoms with Crippen LogP contribution in [0.5, 0.6) is 0 Å². The summed E-state index contributed by atoms with van der Waals surface area (Å²) in [5.41, 5.74) is 2.62. The van der Waals surface area contributed by atoms with Crippen molar-refractivity contribution in [1.82, 2.24) is 24.8 Å². The molecule has 2 aromatic heterocycles. The van der Waals surface area contributed by atoms with Gasteiger partial charge < -0.3 is 29.8 Å². The molecule has 170 valence electrons. The van der Waals surface area contributed by atoms with Crippen LogP contribution in [0.1, 0.15) is 12.1 Å². The van der Waals surface area contributed by atoms with E-state index in [9.17, 15) is 9.50 Å². The summed E-state index contributed by atoms with van der Waals surface area (Å²) in [5.74, 6) is 0.599. The molecule has 10 heteroatoms. The van der Waals surface area contributed by atoms with Crippen molar-refractivity contribution in [3.63, 3.8) is 0 Å². The average molecular weight is 442 g/mol. The largest absolute Gasteiger partial charge is 0.396 e. The number of nitrogens with one attached hydrogen (secondary N) is 2. The average Bonchev–Trinajstić information content (AvgIpc) is 3.25. The van der Waals surface area contributed by atoms with Crippen molar-refractivity contribution in [3.05, 3.63) is 48.2 Å². The van der Waals surface area contributed by atoms with E-state index < -0.39 is 6.29 Å². The van der Waals surface area contributed by atoms with Crippen LogP contribution in [0.15, 0.2) is 36.5 Å². The van der Waals surface area contributed by atoms with Crippen LogP contribution in [0.2, 0.25) is 0 Å². The van der Waals surface area contributed by atoms with Gasteiger partial charge in [-0.05, 0) is 44.4 Å². The highest BCUT2D eigenvalue weighted by Crippen LogP contribution is 2.33. The summed E-state index contributed by atoms with van der Waals surface area (Å²) in [6.45, 7) is 2.29. The number of H-pyrrole nitrogens is 1. The molecule has 0 unspecified atom stereocenters. The highest BCUT2D eigenvalue weighted by Gasteiger charge is 2.27. The number of hydrogen-bond acceptors (Lipinski definition) is 8. The summed E-state index contributed by atoms with van der Waals surface area (Å²) in [4.78, 5) is 19.0. The lowest BCUT2D eigenvalue weighted by Gasteiger charge is -2.26. The number of anilines is 1. The number of nitrogens with zero attached hydrogens (tertiary/aromatic N) is 4. The molecule has 1 aromatic carbocycles. The molecular formula is C22H27FN6O3. The van der Waals surface area contributed by atoms with E-state index in [1.165, 1.54) is 12.1 Å². The van der Waals surface area contributed by atoms with Gasteiger partial charge in [-0.2, -0.15) is 0 Å².